The number of ketones is 1. The summed E-state index contributed by atoms with van der Waals surface area (Å²) < 4.78 is 6.92. The van der Waals surface area contributed by atoms with Crippen LogP contribution in [0, 0.1) is 0 Å². The predicted molar refractivity (Wildman–Crippen MR) is 142 cm³/mol. The molecule has 6 rings (SSSR count). The van der Waals surface area contributed by atoms with Gasteiger partial charge in [0.25, 0.3) is 5.91 Å². The lowest BCUT2D eigenvalue weighted by Gasteiger charge is -2.44. The first-order valence-electron chi connectivity index (χ1n) is 11.8. The van der Waals surface area contributed by atoms with Crippen LogP contribution in [0.5, 0.6) is 0 Å². The van der Waals surface area contributed by atoms with E-state index in [0.29, 0.717) is 11.3 Å². The zero-order valence-corrected chi connectivity index (χ0v) is 20.9. The quantitative estimate of drug-likeness (QED) is 0.281. The van der Waals surface area contributed by atoms with Gasteiger partial charge < -0.3 is 4.74 Å². The summed E-state index contributed by atoms with van der Waals surface area (Å²) in [6.07, 6.45) is 2.68. The number of fused-ring (bicyclic) bond motifs is 2. The van der Waals surface area contributed by atoms with Gasteiger partial charge in [-0.05, 0) is 34.9 Å². The van der Waals surface area contributed by atoms with Crippen molar-refractivity contribution in [3.8, 4) is 0 Å². The molecule has 36 heavy (non-hydrogen) atoms. The number of ether oxygens (including phenoxy) is 1. The summed E-state index contributed by atoms with van der Waals surface area (Å²) in [5.41, 5.74) is 1.72. The van der Waals surface area contributed by atoms with Crippen LogP contribution in [0.15, 0.2) is 126 Å². The molecule has 0 N–H and O–H groups in total. The molecule has 176 valence electrons. The molecule has 1 atom stereocenters. The molecule has 2 heterocycles. The summed E-state index contributed by atoms with van der Waals surface area (Å²) in [6.45, 7) is 0. The van der Waals surface area contributed by atoms with Crippen molar-refractivity contribution >= 4 is 33.3 Å². The van der Waals surface area contributed by atoms with Crippen LogP contribution in [-0.2, 0) is 25.5 Å². The maximum atomic E-state index is 14.8. The SMILES string of the molecule is O=C1C=COC2(C1)C(=O)N(C(c1ccccc1)(c1ccccc1)c1ccccc1)c1ccc(Br)cc12. The highest BCUT2D eigenvalue weighted by Crippen LogP contribution is 2.55. The molecule has 5 heteroatoms. The molecule has 1 unspecified atom stereocenters. The van der Waals surface area contributed by atoms with E-state index in [1.54, 1.807) is 0 Å². The third kappa shape index (κ3) is 3.20. The van der Waals surface area contributed by atoms with Crippen molar-refractivity contribution < 1.29 is 14.3 Å². The van der Waals surface area contributed by atoms with Crippen molar-refractivity contribution in [2.24, 2.45) is 0 Å². The third-order valence-electron chi connectivity index (χ3n) is 7.04. The fourth-order valence-electron chi connectivity index (χ4n) is 5.55. The van der Waals surface area contributed by atoms with Gasteiger partial charge in [0.05, 0.1) is 18.4 Å². The smallest absolute Gasteiger partial charge is 0.277 e. The van der Waals surface area contributed by atoms with Crippen molar-refractivity contribution in [2.45, 2.75) is 17.6 Å². The van der Waals surface area contributed by atoms with E-state index in [0.717, 1.165) is 21.2 Å². The summed E-state index contributed by atoms with van der Waals surface area (Å²) in [4.78, 5) is 29.3. The van der Waals surface area contributed by atoms with Gasteiger partial charge in [-0.15, -0.1) is 0 Å². The zero-order chi connectivity index (χ0) is 24.8. The molecule has 0 saturated carbocycles. The number of amides is 1. The Hall–Kier alpha value is -3.96. The van der Waals surface area contributed by atoms with E-state index < -0.39 is 11.1 Å². The molecule has 4 nitrogen and oxygen atoms in total. The fraction of sp³-hybridized carbons (Fsp3) is 0.0968. The number of allylic oxidation sites excluding steroid dienone is 1. The number of rotatable bonds is 4. The predicted octanol–water partition coefficient (Wildman–Crippen LogP) is 6.49. The highest BCUT2D eigenvalue weighted by molar-refractivity contribution is 9.10. The van der Waals surface area contributed by atoms with Crippen LogP contribution >= 0.6 is 15.9 Å². The summed E-state index contributed by atoms with van der Waals surface area (Å²) in [5.74, 6) is -0.419. The van der Waals surface area contributed by atoms with Gasteiger partial charge in [0.1, 0.15) is 5.54 Å². The fourth-order valence-corrected chi connectivity index (χ4v) is 5.91. The minimum atomic E-state index is -1.44. The molecule has 2 aliphatic heterocycles. The number of anilines is 1. The maximum Gasteiger partial charge on any atom is 0.277 e. The first-order valence-corrected chi connectivity index (χ1v) is 12.6. The average Bonchev–Trinajstić information content (AvgIpc) is 3.14. The molecule has 0 saturated heterocycles. The van der Waals surface area contributed by atoms with Crippen molar-refractivity contribution in [1.82, 2.24) is 0 Å². The van der Waals surface area contributed by atoms with E-state index in [1.165, 1.54) is 12.3 Å². The Morgan fingerprint density at radius 2 is 1.28 bits per heavy atom. The van der Waals surface area contributed by atoms with Crippen LogP contribution in [0.25, 0.3) is 0 Å². The third-order valence-corrected chi connectivity index (χ3v) is 7.53. The van der Waals surface area contributed by atoms with Gasteiger partial charge in [-0.1, -0.05) is 107 Å². The molecule has 1 amide bonds. The normalized spacial score (nSPS) is 18.9. The van der Waals surface area contributed by atoms with E-state index in [1.807, 2.05) is 114 Å². The highest BCUT2D eigenvalue weighted by atomic mass is 79.9. The minimum Gasteiger partial charge on any atom is -0.480 e. The second-order valence-electron chi connectivity index (χ2n) is 9.00. The summed E-state index contributed by atoms with van der Waals surface area (Å²) >= 11 is 3.57. The van der Waals surface area contributed by atoms with Gasteiger partial charge in [0.2, 0.25) is 5.60 Å². The average molecular weight is 536 g/mol. The molecule has 0 bridgehead atoms. The Labute approximate surface area is 218 Å². The summed E-state index contributed by atoms with van der Waals surface area (Å²) in [6, 6.07) is 35.8. The van der Waals surface area contributed by atoms with Crippen molar-refractivity contribution in [1.29, 1.82) is 0 Å². The standard InChI is InChI=1S/C31H22BrNO3/c32-25-16-17-28-27(20-25)30(21-26(34)18-19-36-30)29(35)33(28)31(22-10-4-1-5-11-22,23-12-6-2-7-13-23)24-14-8-3-9-15-24/h1-20H,21H2. The van der Waals surface area contributed by atoms with Gasteiger partial charge in [-0.25, -0.2) is 0 Å². The number of halogens is 1. The van der Waals surface area contributed by atoms with E-state index in [9.17, 15) is 9.59 Å². The minimum absolute atomic E-state index is 0.0588. The molecular weight excluding hydrogens is 514 g/mol. The van der Waals surface area contributed by atoms with Gasteiger partial charge in [0.15, 0.2) is 5.78 Å². The van der Waals surface area contributed by atoms with Gasteiger partial charge in [-0.3, -0.25) is 14.5 Å². The highest BCUT2D eigenvalue weighted by Gasteiger charge is 2.61. The lowest BCUT2D eigenvalue weighted by atomic mass is 9.75. The number of hydrogen-bond donors (Lipinski definition) is 0. The Bertz CT molecular complexity index is 1390. The van der Waals surface area contributed by atoms with Crippen LogP contribution in [0.3, 0.4) is 0 Å². The van der Waals surface area contributed by atoms with Crippen LogP contribution in [-0.4, -0.2) is 11.7 Å². The Morgan fingerprint density at radius 3 is 1.78 bits per heavy atom. The topological polar surface area (TPSA) is 46.6 Å². The molecule has 0 fully saturated rings. The first kappa shape index (κ1) is 22.5. The summed E-state index contributed by atoms with van der Waals surface area (Å²) in [5, 5.41) is 0. The largest absolute Gasteiger partial charge is 0.480 e. The second-order valence-corrected chi connectivity index (χ2v) is 9.92. The lowest BCUT2D eigenvalue weighted by Crippen LogP contribution is -2.54. The van der Waals surface area contributed by atoms with E-state index >= 15 is 0 Å². The van der Waals surface area contributed by atoms with Crippen LogP contribution < -0.4 is 4.90 Å². The van der Waals surface area contributed by atoms with E-state index in [4.69, 9.17) is 4.74 Å². The van der Waals surface area contributed by atoms with Crippen LogP contribution in [0.2, 0.25) is 0 Å². The number of hydrogen-bond acceptors (Lipinski definition) is 3. The first-order chi connectivity index (χ1) is 17.6. The molecule has 1 spiro atoms. The Morgan fingerprint density at radius 1 is 0.750 bits per heavy atom. The number of nitrogens with zero attached hydrogens (tertiary/aromatic N) is 1. The second kappa shape index (κ2) is 8.61. The van der Waals surface area contributed by atoms with Gasteiger partial charge in [0, 0.05) is 16.1 Å². The van der Waals surface area contributed by atoms with Gasteiger partial charge >= 0.3 is 0 Å². The zero-order valence-electron chi connectivity index (χ0n) is 19.3. The van der Waals surface area contributed by atoms with Crippen molar-refractivity contribution in [2.75, 3.05) is 4.90 Å². The van der Waals surface area contributed by atoms with Gasteiger partial charge in [-0.2, -0.15) is 0 Å². The number of carbonyl (C=O) groups is 2. The van der Waals surface area contributed by atoms with Crippen LogP contribution in [0.1, 0.15) is 28.7 Å². The monoisotopic (exact) mass is 535 g/mol. The Balaban J connectivity index is 1.74. The molecule has 4 aromatic carbocycles. The number of carbonyl (C=O) groups excluding carboxylic acids is 2. The van der Waals surface area contributed by atoms with E-state index in [-0.39, 0.29) is 18.1 Å². The Kier molecular flexibility index (Phi) is 5.38. The lowest BCUT2D eigenvalue weighted by molar-refractivity contribution is -0.144. The molecule has 0 aliphatic carbocycles. The van der Waals surface area contributed by atoms with Crippen LogP contribution in [0.4, 0.5) is 5.69 Å². The molecule has 2 aliphatic rings. The molecule has 4 aromatic rings. The van der Waals surface area contributed by atoms with Crippen molar-refractivity contribution in [3.63, 3.8) is 0 Å². The number of benzene rings is 4. The molecule has 0 aromatic heterocycles. The van der Waals surface area contributed by atoms with Crippen molar-refractivity contribution in [3.05, 3.63) is 148 Å². The van der Waals surface area contributed by atoms with E-state index in [2.05, 4.69) is 15.9 Å². The summed E-state index contributed by atoms with van der Waals surface area (Å²) in [7, 11) is 0. The molecule has 0 radical (unpaired) electrons. The molecular formula is C31H22BrNO3. The maximum absolute atomic E-state index is 14.8.